The highest BCUT2D eigenvalue weighted by Gasteiger charge is 2.19. The van der Waals surface area contributed by atoms with Crippen LogP contribution in [0.1, 0.15) is 348 Å². The number of ether oxygens (including phenoxy) is 3. The van der Waals surface area contributed by atoms with Crippen molar-refractivity contribution in [1.29, 1.82) is 0 Å². The molecular weight excluding hydrogens is 865 g/mol. The molecule has 412 valence electrons. The molecule has 0 aromatic heterocycles. The Labute approximate surface area is 436 Å². The van der Waals surface area contributed by atoms with Crippen molar-refractivity contribution in [3.05, 3.63) is 24.3 Å². The van der Waals surface area contributed by atoms with Crippen molar-refractivity contribution in [2.75, 3.05) is 13.2 Å². The van der Waals surface area contributed by atoms with Crippen LogP contribution in [0.3, 0.4) is 0 Å². The number of rotatable bonds is 58. The fourth-order valence-electron chi connectivity index (χ4n) is 9.48. The van der Waals surface area contributed by atoms with Crippen molar-refractivity contribution in [2.24, 2.45) is 0 Å². The number of allylic oxidation sites excluding steroid dienone is 4. The minimum atomic E-state index is -0.762. The van der Waals surface area contributed by atoms with Gasteiger partial charge in [-0.05, 0) is 51.4 Å². The first kappa shape index (κ1) is 67.9. The van der Waals surface area contributed by atoms with E-state index in [-0.39, 0.29) is 31.1 Å². The highest BCUT2D eigenvalue weighted by Crippen LogP contribution is 2.18. The number of unbranched alkanes of at least 4 members (excludes halogenated alkanes) is 43. The third kappa shape index (κ3) is 56.8. The van der Waals surface area contributed by atoms with Gasteiger partial charge in [-0.1, -0.05) is 302 Å². The van der Waals surface area contributed by atoms with Crippen LogP contribution in [0.4, 0.5) is 0 Å². The Balaban J connectivity index is 3.96. The molecule has 0 saturated carbocycles. The molecule has 0 heterocycles. The number of hydrogen-bond acceptors (Lipinski definition) is 6. The first-order valence-corrected chi connectivity index (χ1v) is 31.3. The van der Waals surface area contributed by atoms with Gasteiger partial charge < -0.3 is 14.2 Å². The zero-order valence-corrected chi connectivity index (χ0v) is 47.3. The molecule has 0 radical (unpaired) electrons. The maximum atomic E-state index is 12.8. The van der Waals surface area contributed by atoms with Crippen molar-refractivity contribution in [3.8, 4) is 0 Å². The second-order valence-electron chi connectivity index (χ2n) is 21.3. The monoisotopic (exact) mass is 985 g/mol. The van der Waals surface area contributed by atoms with E-state index in [2.05, 4.69) is 45.1 Å². The van der Waals surface area contributed by atoms with Crippen LogP contribution in [0.5, 0.6) is 0 Å². The molecule has 1 atom stereocenters. The summed E-state index contributed by atoms with van der Waals surface area (Å²) in [6.07, 6.45) is 70.8. The van der Waals surface area contributed by atoms with Gasteiger partial charge in [-0.15, -0.1) is 0 Å². The topological polar surface area (TPSA) is 78.9 Å². The Kier molecular flexibility index (Phi) is 57.7. The fourth-order valence-corrected chi connectivity index (χ4v) is 9.48. The average molecular weight is 986 g/mol. The lowest BCUT2D eigenvalue weighted by molar-refractivity contribution is -0.167. The average Bonchev–Trinajstić information content (AvgIpc) is 3.36. The summed E-state index contributed by atoms with van der Waals surface area (Å²) in [7, 11) is 0. The van der Waals surface area contributed by atoms with Gasteiger partial charge in [-0.25, -0.2) is 0 Å². The third-order valence-corrected chi connectivity index (χ3v) is 14.2. The van der Waals surface area contributed by atoms with Gasteiger partial charge >= 0.3 is 17.9 Å². The Morgan fingerprint density at radius 1 is 0.286 bits per heavy atom. The van der Waals surface area contributed by atoms with E-state index in [9.17, 15) is 14.4 Å². The summed E-state index contributed by atoms with van der Waals surface area (Å²) in [6, 6.07) is 0. The third-order valence-electron chi connectivity index (χ3n) is 14.2. The molecule has 0 rings (SSSR count). The molecule has 0 aliphatic carbocycles. The predicted octanol–water partition coefficient (Wildman–Crippen LogP) is 21.1. The summed E-state index contributed by atoms with van der Waals surface area (Å²) in [5.41, 5.74) is 0. The first-order valence-electron chi connectivity index (χ1n) is 31.3. The summed E-state index contributed by atoms with van der Waals surface area (Å²) < 4.78 is 16.8. The van der Waals surface area contributed by atoms with Gasteiger partial charge in [0.05, 0.1) is 0 Å². The zero-order valence-electron chi connectivity index (χ0n) is 47.3. The van der Waals surface area contributed by atoms with Crippen molar-refractivity contribution in [2.45, 2.75) is 354 Å². The SMILES string of the molecule is CCCCCCC/C=C\C/C=C\CCCCCCCCCCCCCCCCCCCCCC(=O)OCC(COC(=O)CCCCCCCCC)OC(=O)CCCCCCCCCCCCCCCC. The van der Waals surface area contributed by atoms with Crippen molar-refractivity contribution in [3.63, 3.8) is 0 Å². The number of hydrogen-bond donors (Lipinski definition) is 0. The lowest BCUT2D eigenvalue weighted by Gasteiger charge is -2.18. The van der Waals surface area contributed by atoms with Crippen molar-refractivity contribution in [1.82, 2.24) is 0 Å². The maximum absolute atomic E-state index is 12.8. The summed E-state index contributed by atoms with van der Waals surface area (Å²) in [6.45, 7) is 6.64. The molecule has 0 aliphatic heterocycles. The maximum Gasteiger partial charge on any atom is 0.306 e. The second kappa shape index (κ2) is 59.5. The van der Waals surface area contributed by atoms with E-state index < -0.39 is 6.10 Å². The molecule has 1 unspecified atom stereocenters. The van der Waals surface area contributed by atoms with Gasteiger partial charge in [0.25, 0.3) is 0 Å². The molecule has 6 heteroatoms. The molecular formula is C64H120O6. The summed E-state index contributed by atoms with van der Waals surface area (Å²) >= 11 is 0. The Morgan fingerprint density at radius 2 is 0.514 bits per heavy atom. The smallest absolute Gasteiger partial charge is 0.306 e. The minimum absolute atomic E-state index is 0.0646. The van der Waals surface area contributed by atoms with Crippen LogP contribution in [0.15, 0.2) is 24.3 Å². The van der Waals surface area contributed by atoms with Crippen molar-refractivity contribution >= 4 is 17.9 Å². The van der Waals surface area contributed by atoms with Gasteiger partial charge in [-0.2, -0.15) is 0 Å². The van der Waals surface area contributed by atoms with Crippen molar-refractivity contribution < 1.29 is 28.6 Å². The second-order valence-corrected chi connectivity index (χ2v) is 21.3. The van der Waals surface area contributed by atoms with Crippen LogP contribution in [-0.2, 0) is 28.6 Å². The van der Waals surface area contributed by atoms with E-state index in [1.54, 1.807) is 0 Å². The van der Waals surface area contributed by atoms with E-state index in [1.807, 2.05) is 0 Å². The molecule has 0 spiro atoms. The fraction of sp³-hybridized carbons (Fsp3) is 0.891. The quantitative estimate of drug-likeness (QED) is 0.0261. The Hall–Kier alpha value is -2.11. The number of carbonyl (C=O) groups is 3. The van der Waals surface area contributed by atoms with Gasteiger partial charge in [0.1, 0.15) is 13.2 Å². The minimum Gasteiger partial charge on any atom is -0.462 e. The van der Waals surface area contributed by atoms with E-state index in [0.29, 0.717) is 19.3 Å². The van der Waals surface area contributed by atoms with Gasteiger partial charge in [0, 0.05) is 19.3 Å². The first-order chi connectivity index (χ1) is 34.5. The molecule has 70 heavy (non-hydrogen) atoms. The summed E-state index contributed by atoms with van der Waals surface area (Å²) in [4.78, 5) is 37.9. The summed E-state index contributed by atoms with van der Waals surface area (Å²) in [5.74, 6) is -0.849. The van der Waals surface area contributed by atoms with Gasteiger partial charge in [0.2, 0.25) is 0 Å². The normalized spacial score (nSPS) is 12.1. The Bertz CT molecular complexity index is 1130. The lowest BCUT2D eigenvalue weighted by Crippen LogP contribution is -2.30. The molecule has 6 nitrogen and oxygen atoms in total. The largest absolute Gasteiger partial charge is 0.462 e. The molecule has 0 fully saturated rings. The van der Waals surface area contributed by atoms with Crippen LogP contribution in [0.2, 0.25) is 0 Å². The summed E-state index contributed by atoms with van der Waals surface area (Å²) in [5, 5.41) is 0. The molecule has 0 aromatic carbocycles. The van der Waals surface area contributed by atoms with Crippen LogP contribution in [0.25, 0.3) is 0 Å². The lowest BCUT2D eigenvalue weighted by atomic mass is 10.0. The number of carbonyl (C=O) groups excluding carboxylic acids is 3. The van der Waals surface area contributed by atoms with Gasteiger partial charge in [0.15, 0.2) is 6.10 Å². The van der Waals surface area contributed by atoms with Crippen LogP contribution < -0.4 is 0 Å². The van der Waals surface area contributed by atoms with E-state index >= 15 is 0 Å². The molecule has 0 saturated heterocycles. The van der Waals surface area contributed by atoms with Crippen LogP contribution in [0, 0.1) is 0 Å². The van der Waals surface area contributed by atoms with E-state index in [4.69, 9.17) is 14.2 Å². The highest BCUT2D eigenvalue weighted by molar-refractivity contribution is 5.71. The van der Waals surface area contributed by atoms with E-state index in [0.717, 1.165) is 64.2 Å². The molecule has 0 N–H and O–H groups in total. The Morgan fingerprint density at radius 3 is 0.786 bits per heavy atom. The standard InChI is InChI=1S/C64H120O6/c1-4-7-10-13-16-18-20-22-24-25-26-27-28-29-30-31-32-33-34-35-36-37-38-39-40-42-43-45-48-51-54-57-63(66)69-60-61(59-68-62(65)56-53-50-47-15-12-9-6-3)70-64(67)58-55-52-49-46-44-41-23-21-19-17-14-11-8-5-2/h20,22,25-26,61H,4-19,21,23-24,27-60H2,1-3H3/b22-20-,26-25-. The molecule has 0 bridgehead atoms. The predicted molar refractivity (Wildman–Crippen MR) is 303 cm³/mol. The van der Waals surface area contributed by atoms with Crippen LogP contribution in [-0.4, -0.2) is 37.2 Å². The molecule has 0 aliphatic rings. The molecule has 0 aromatic rings. The van der Waals surface area contributed by atoms with Gasteiger partial charge in [-0.3, -0.25) is 14.4 Å². The molecule has 0 amide bonds. The van der Waals surface area contributed by atoms with E-state index in [1.165, 1.54) is 244 Å². The highest BCUT2D eigenvalue weighted by atomic mass is 16.6. The number of esters is 3. The van der Waals surface area contributed by atoms with Crippen LogP contribution >= 0.6 is 0 Å². The zero-order chi connectivity index (χ0) is 50.7.